The number of benzene rings is 3. The van der Waals surface area contributed by atoms with E-state index in [-0.39, 0.29) is 17.3 Å². The van der Waals surface area contributed by atoms with Crippen molar-refractivity contribution in [1.82, 2.24) is 0 Å². The maximum atomic E-state index is 11.8. The Kier molecular flexibility index (Phi) is 14.8. The zero-order valence-electron chi connectivity index (χ0n) is 37.7. The van der Waals surface area contributed by atoms with Crippen LogP contribution in [0.4, 0.5) is 11.4 Å². The fraction of sp³-hybridized carbons (Fsp3) is 0.440. The maximum absolute atomic E-state index is 11.8. The first-order valence-electron chi connectivity index (χ1n) is 21.8. The highest BCUT2D eigenvalue weighted by Crippen LogP contribution is 2.50. The lowest BCUT2D eigenvalue weighted by molar-refractivity contribution is -0.438. The van der Waals surface area contributed by atoms with E-state index < -0.39 is 31.1 Å². The monoisotopic (exact) mass is 899 g/mol. The third-order valence-corrected chi connectivity index (χ3v) is 14.3. The smallest absolute Gasteiger partial charge is 0.264 e. The average Bonchev–Trinajstić information content (AvgIpc) is 3.57. The van der Waals surface area contributed by atoms with Crippen molar-refractivity contribution >= 4 is 48.7 Å². The minimum absolute atomic E-state index is 0.156. The van der Waals surface area contributed by atoms with Gasteiger partial charge in [-0.05, 0) is 136 Å². The van der Waals surface area contributed by atoms with E-state index in [1.54, 1.807) is 21.1 Å². The Labute approximate surface area is 374 Å². The number of ketones is 1. The van der Waals surface area contributed by atoms with Gasteiger partial charge in [-0.15, -0.1) is 0 Å². The number of unbranched alkanes of at least 4 members (excludes halogenated alkanes) is 2. The molecule has 0 unspecified atom stereocenters. The van der Waals surface area contributed by atoms with Crippen molar-refractivity contribution in [3.05, 3.63) is 124 Å². The first-order chi connectivity index (χ1) is 29.7. The lowest BCUT2D eigenvalue weighted by Crippen LogP contribution is -2.28. The number of nitrogens with zero attached hydrogens (tertiary/aromatic N) is 2. The predicted octanol–water partition coefficient (Wildman–Crippen LogP) is 9.74. The number of aryl methyl sites for hydroxylation is 1. The summed E-state index contributed by atoms with van der Waals surface area (Å²) in [5.74, 6) is 1.10. The highest BCUT2D eigenvalue weighted by Gasteiger charge is 2.45. The van der Waals surface area contributed by atoms with E-state index in [4.69, 9.17) is 9.47 Å². The zero-order chi connectivity index (χ0) is 45.7. The van der Waals surface area contributed by atoms with Gasteiger partial charge in [-0.3, -0.25) is 9.11 Å². The summed E-state index contributed by atoms with van der Waals surface area (Å²) in [6.45, 7) is 11.5. The van der Waals surface area contributed by atoms with E-state index in [1.807, 2.05) is 12.1 Å². The SMILES string of the molecule is COc1ccc2c(c1)C(C)(C)C(/C=C/C1=C(c3ccc(CCC(C)=O)cc3)C(=C/C=C3/N(CCCCS(=O)(=O)O)c4ccc(OC)cc4C3(C)C)/CCC1)=[N+]2CCCCS(=O)(=O)O. The second-order valence-corrected chi connectivity index (χ2v) is 21.1. The molecule has 0 saturated carbocycles. The van der Waals surface area contributed by atoms with Crippen molar-refractivity contribution in [3.8, 4) is 11.5 Å². The number of methoxy groups -OCH3 is 2. The summed E-state index contributed by atoms with van der Waals surface area (Å²) < 4.78 is 78.7. The summed E-state index contributed by atoms with van der Waals surface area (Å²) in [6.07, 6.45) is 14.5. The Morgan fingerprint density at radius 3 is 2.05 bits per heavy atom. The van der Waals surface area contributed by atoms with Crippen LogP contribution in [0.15, 0.2) is 102 Å². The van der Waals surface area contributed by atoms with Gasteiger partial charge in [0.05, 0.1) is 31.1 Å². The first-order valence-corrected chi connectivity index (χ1v) is 25.1. The molecule has 3 aliphatic rings. The molecule has 63 heavy (non-hydrogen) atoms. The van der Waals surface area contributed by atoms with Crippen LogP contribution in [-0.2, 0) is 42.3 Å². The largest absolute Gasteiger partial charge is 0.497 e. The van der Waals surface area contributed by atoms with Gasteiger partial charge in [0, 0.05) is 53.9 Å². The molecule has 6 rings (SSSR count). The second kappa shape index (κ2) is 19.5. The van der Waals surface area contributed by atoms with E-state index in [9.17, 15) is 30.7 Å². The molecule has 0 atom stereocenters. The number of rotatable bonds is 19. The highest BCUT2D eigenvalue weighted by atomic mass is 32.2. The number of hydrogen-bond acceptors (Lipinski definition) is 8. The van der Waals surface area contributed by atoms with Gasteiger partial charge in [0.15, 0.2) is 5.71 Å². The van der Waals surface area contributed by atoms with Crippen LogP contribution in [0, 0.1) is 0 Å². The average molecular weight is 900 g/mol. The fourth-order valence-electron chi connectivity index (χ4n) is 9.30. The van der Waals surface area contributed by atoms with E-state index in [1.165, 1.54) is 11.1 Å². The van der Waals surface area contributed by atoms with Gasteiger partial charge in [-0.25, -0.2) is 0 Å². The van der Waals surface area contributed by atoms with Gasteiger partial charge in [0.1, 0.15) is 23.8 Å². The molecular formula is C50H63N2O9S2+. The number of Topliss-reactive ketones (excluding diaryl/α,β-unsaturated/α-hetero) is 1. The standard InChI is InChI=1S/C50H62N2O9S2/c1-35(53)15-16-36-17-19-39(20-18-36)48-37(21-27-46-49(2,3)42-33-40(60-6)23-25-44(42)51(46)29-8-10-31-62(54,55)56)13-12-14-38(48)22-28-47-50(4,5)43-34-41(61-7)24-26-45(43)52(47)30-9-11-32-63(57,58)59/h17-28,33-34H,8-16,29-32H2,1-7H3,(H-,54,55,56,57,58,59)/p+1. The molecule has 0 saturated heterocycles. The highest BCUT2D eigenvalue weighted by molar-refractivity contribution is 7.86. The molecule has 2 aliphatic heterocycles. The number of allylic oxidation sites excluding steroid dienone is 8. The van der Waals surface area contributed by atoms with Crippen LogP contribution in [0.3, 0.4) is 0 Å². The molecular weight excluding hydrogens is 837 g/mol. The van der Waals surface area contributed by atoms with Crippen molar-refractivity contribution in [2.24, 2.45) is 0 Å². The summed E-state index contributed by atoms with van der Waals surface area (Å²) in [7, 11) is -4.82. The molecule has 338 valence electrons. The van der Waals surface area contributed by atoms with Crippen LogP contribution < -0.4 is 14.4 Å². The number of ether oxygens (including phenoxy) is 2. The van der Waals surface area contributed by atoms with Crippen molar-refractivity contribution < 1.29 is 44.8 Å². The maximum Gasteiger partial charge on any atom is 0.264 e. The van der Waals surface area contributed by atoms with Crippen molar-refractivity contribution in [1.29, 1.82) is 0 Å². The Hall–Kier alpha value is -4.82. The van der Waals surface area contributed by atoms with Crippen LogP contribution in [0.5, 0.6) is 11.5 Å². The van der Waals surface area contributed by atoms with Gasteiger partial charge in [0.2, 0.25) is 5.69 Å². The Morgan fingerprint density at radius 1 is 0.778 bits per heavy atom. The fourth-order valence-corrected chi connectivity index (χ4v) is 10.4. The number of anilines is 1. The minimum atomic E-state index is -4.07. The van der Waals surface area contributed by atoms with Crippen molar-refractivity contribution in [2.45, 2.75) is 103 Å². The Balaban J connectivity index is 1.46. The Bertz CT molecular complexity index is 2600. The third-order valence-electron chi connectivity index (χ3n) is 12.7. The van der Waals surface area contributed by atoms with Crippen LogP contribution >= 0.6 is 0 Å². The lowest BCUT2D eigenvalue weighted by Gasteiger charge is -2.28. The molecule has 11 nitrogen and oxygen atoms in total. The molecule has 13 heteroatoms. The molecule has 0 aromatic heterocycles. The van der Waals surface area contributed by atoms with Gasteiger partial charge in [-0.2, -0.15) is 21.4 Å². The molecule has 2 heterocycles. The number of carbonyl (C=O) groups is 1. The summed E-state index contributed by atoms with van der Waals surface area (Å²) in [5.41, 5.74) is 11.4. The lowest BCUT2D eigenvalue weighted by atomic mass is 9.79. The van der Waals surface area contributed by atoms with E-state index in [0.29, 0.717) is 51.6 Å². The van der Waals surface area contributed by atoms with Crippen LogP contribution in [0.1, 0.15) is 108 Å². The van der Waals surface area contributed by atoms with E-state index in [0.717, 1.165) is 81.4 Å². The second-order valence-electron chi connectivity index (χ2n) is 17.9. The van der Waals surface area contributed by atoms with Gasteiger partial charge in [0.25, 0.3) is 20.2 Å². The molecule has 3 aromatic carbocycles. The molecule has 1 aliphatic carbocycles. The summed E-state index contributed by atoms with van der Waals surface area (Å²) in [5, 5.41) is 0. The molecule has 0 spiro atoms. The van der Waals surface area contributed by atoms with Gasteiger partial charge < -0.3 is 19.2 Å². The number of carbonyl (C=O) groups excluding carboxylic acids is 1. The summed E-state index contributed by atoms with van der Waals surface area (Å²) in [6, 6.07) is 20.7. The van der Waals surface area contributed by atoms with Crippen LogP contribution in [0.25, 0.3) is 5.57 Å². The number of fused-ring (bicyclic) bond motifs is 2. The summed E-state index contributed by atoms with van der Waals surface area (Å²) in [4.78, 5) is 14.1. The normalized spacial score (nSPS) is 18.5. The minimum Gasteiger partial charge on any atom is -0.497 e. The Morgan fingerprint density at radius 2 is 1.41 bits per heavy atom. The quantitative estimate of drug-likeness (QED) is 0.0676. The molecule has 0 fully saturated rings. The molecule has 0 amide bonds. The van der Waals surface area contributed by atoms with Crippen LogP contribution in [0.2, 0.25) is 0 Å². The number of hydrogen-bond donors (Lipinski definition) is 2. The molecule has 0 bridgehead atoms. The molecule has 3 aromatic rings. The third kappa shape index (κ3) is 11.3. The topological polar surface area (TPSA) is 151 Å². The predicted molar refractivity (Wildman–Crippen MR) is 252 cm³/mol. The molecule has 2 N–H and O–H groups in total. The van der Waals surface area contributed by atoms with Gasteiger partial charge in [-0.1, -0.05) is 50.3 Å². The van der Waals surface area contributed by atoms with Crippen molar-refractivity contribution in [3.63, 3.8) is 0 Å². The van der Waals surface area contributed by atoms with Gasteiger partial charge >= 0.3 is 0 Å². The van der Waals surface area contributed by atoms with E-state index >= 15 is 0 Å². The zero-order valence-corrected chi connectivity index (χ0v) is 39.4. The first kappa shape index (κ1) is 47.7. The molecule has 0 radical (unpaired) electrons. The summed E-state index contributed by atoms with van der Waals surface area (Å²) >= 11 is 0. The van der Waals surface area contributed by atoms with Crippen LogP contribution in [-0.4, -0.2) is 80.8 Å². The van der Waals surface area contributed by atoms with E-state index in [2.05, 4.69) is 110 Å². The van der Waals surface area contributed by atoms with Crippen molar-refractivity contribution in [2.75, 3.05) is 43.7 Å².